The molecule has 0 bridgehead atoms. The first-order valence-corrected chi connectivity index (χ1v) is 6.63. The van der Waals surface area contributed by atoms with Crippen molar-refractivity contribution in [2.24, 2.45) is 0 Å². The molecule has 1 aromatic heterocycles. The zero-order valence-electron chi connectivity index (χ0n) is 11.4. The fourth-order valence-electron chi connectivity index (χ4n) is 2.13. The second kappa shape index (κ2) is 5.94. The zero-order valence-corrected chi connectivity index (χ0v) is 11.4. The van der Waals surface area contributed by atoms with Gasteiger partial charge in [-0.1, -0.05) is 12.1 Å². The Morgan fingerprint density at radius 1 is 1.38 bits per heavy atom. The largest absolute Gasteiger partial charge is 0.382 e. The molecular weight excluding hydrogens is 272 g/mol. The number of aromatic nitrogens is 2. The van der Waals surface area contributed by atoms with Crippen molar-refractivity contribution in [1.29, 1.82) is 0 Å². The molecule has 0 atom stereocenters. The predicted octanol–water partition coefficient (Wildman–Crippen LogP) is 1.15. The van der Waals surface area contributed by atoms with E-state index in [0.717, 1.165) is 5.56 Å². The Morgan fingerprint density at radius 3 is 2.90 bits per heavy atom. The Bertz CT molecular complexity index is 635. The predicted molar refractivity (Wildman–Crippen MR) is 76.4 cm³/mol. The number of nitrogen functional groups attached to an aromatic ring is 1. The van der Waals surface area contributed by atoms with E-state index in [1.807, 2.05) is 24.3 Å². The fraction of sp³-hybridized carbons (Fsp3) is 0.286. The average Bonchev–Trinajstić information content (AvgIpc) is 3.11. The van der Waals surface area contributed by atoms with Gasteiger partial charge in [0, 0.05) is 17.4 Å². The summed E-state index contributed by atoms with van der Waals surface area (Å²) < 4.78 is 12.4. The molecule has 2 aromatic rings. The van der Waals surface area contributed by atoms with Gasteiger partial charge in [0.1, 0.15) is 12.4 Å². The van der Waals surface area contributed by atoms with E-state index in [1.165, 1.54) is 4.68 Å². The molecular formula is C14H16N4O3. The van der Waals surface area contributed by atoms with Gasteiger partial charge in [-0.2, -0.15) is 5.10 Å². The van der Waals surface area contributed by atoms with Crippen molar-refractivity contribution in [2.75, 3.05) is 24.3 Å². The second-order valence-corrected chi connectivity index (χ2v) is 4.69. The van der Waals surface area contributed by atoms with Crippen LogP contribution in [-0.4, -0.2) is 28.9 Å². The minimum atomic E-state index is -0.354. The molecule has 1 saturated heterocycles. The third kappa shape index (κ3) is 3.39. The third-order valence-electron chi connectivity index (χ3n) is 3.03. The number of benzene rings is 1. The fourth-order valence-corrected chi connectivity index (χ4v) is 2.13. The summed E-state index contributed by atoms with van der Waals surface area (Å²) in [6.07, 6.45) is 1.30. The Balaban J connectivity index is 1.64. The molecule has 7 heteroatoms. The van der Waals surface area contributed by atoms with Crippen LogP contribution in [0.4, 0.5) is 11.5 Å². The van der Waals surface area contributed by atoms with Crippen LogP contribution in [0, 0.1) is 0 Å². The maximum absolute atomic E-state index is 11.9. The quantitative estimate of drug-likeness (QED) is 0.880. The first-order valence-electron chi connectivity index (χ1n) is 6.63. The number of anilines is 2. The molecule has 1 aliphatic heterocycles. The van der Waals surface area contributed by atoms with Gasteiger partial charge in [-0.3, -0.25) is 9.48 Å². The number of nitrogens with two attached hydrogens (primary N) is 1. The van der Waals surface area contributed by atoms with Gasteiger partial charge in [-0.25, -0.2) is 0 Å². The minimum absolute atomic E-state index is 0.109. The average molecular weight is 288 g/mol. The summed E-state index contributed by atoms with van der Waals surface area (Å²) in [5.74, 6) is 0.212. The Hall–Kier alpha value is -2.38. The molecule has 0 aliphatic carbocycles. The van der Waals surface area contributed by atoms with Crippen LogP contribution in [0.15, 0.2) is 36.5 Å². The number of nitrogens with zero attached hydrogens (tertiary/aromatic N) is 2. The highest BCUT2D eigenvalue weighted by Gasteiger charge is 2.18. The van der Waals surface area contributed by atoms with Crippen LogP contribution in [0.25, 0.3) is 0 Å². The first-order chi connectivity index (χ1) is 10.2. The van der Waals surface area contributed by atoms with Gasteiger partial charge in [0.05, 0.1) is 13.2 Å². The van der Waals surface area contributed by atoms with Gasteiger partial charge in [0.15, 0.2) is 6.29 Å². The van der Waals surface area contributed by atoms with Crippen molar-refractivity contribution < 1.29 is 14.3 Å². The number of carbonyl (C=O) groups is 1. The molecule has 0 saturated carbocycles. The number of nitrogens with one attached hydrogen (secondary N) is 1. The lowest BCUT2D eigenvalue weighted by Gasteiger charge is -2.11. The Kier molecular flexibility index (Phi) is 3.85. The topological polar surface area (TPSA) is 91.4 Å². The summed E-state index contributed by atoms with van der Waals surface area (Å²) in [5.41, 5.74) is 7.08. The first kappa shape index (κ1) is 13.6. The SMILES string of the molecule is Nc1ccn(CC(=O)Nc2cccc(C3OCCO3)c2)n1. The van der Waals surface area contributed by atoms with Crippen LogP contribution in [0.1, 0.15) is 11.9 Å². The van der Waals surface area contributed by atoms with Crippen molar-refractivity contribution in [3.63, 3.8) is 0 Å². The summed E-state index contributed by atoms with van der Waals surface area (Å²) in [4.78, 5) is 11.9. The molecule has 2 heterocycles. The number of hydrogen-bond donors (Lipinski definition) is 2. The minimum Gasteiger partial charge on any atom is -0.382 e. The monoisotopic (exact) mass is 288 g/mol. The molecule has 3 rings (SSSR count). The van der Waals surface area contributed by atoms with Crippen LogP contribution in [0.2, 0.25) is 0 Å². The highest BCUT2D eigenvalue weighted by molar-refractivity contribution is 5.90. The van der Waals surface area contributed by atoms with E-state index in [1.54, 1.807) is 12.3 Å². The second-order valence-electron chi connectivity index (χ2n) is 4.69. The van der Waals surface area contributed by atoms with E-state index in [9.17, 15) is 4.79 Å². The smallest absolute Gasteiger partial charge is 0.246 e. The van der Waals surface area contributed by atoms with Gasteiger partial charge in [0.2, 0.25) is 5.91 Å². The van der Waals surface area contributed by atoms with E-state index in [4.69, 9.17) is 15.2 Å². The lowest BCUT2D eigenvalue weighted by atomic mass is 10.2. The maximum Gasteiger partial charge on any atom is 0.246 e. The molecule has 21 heavy (non-hydrogen) atoms. The summed E-state index contributed by atoms with van der Waals surface area (Å²) in [6.45, 7) is 1.28. The molecule has 0 radical (unpaired) electrons. The van der Waals surface area contributed by atoms with Gasteiger partial charge in [0.25, 0.3) is 0 Å². The number of ether oxygens (including phenoxy) is 2. The van der Waals surface area contributed by atoms with Gasteiger partial charge in [-0.15, -0.1) is 0 Å². The van der Waals surface area contributed by atoms with Gasteiger partial charge >= 0.3 is 0 Å². The number of hydrogen-bond acceptors (Lipinski definition) is 5. The third-order valence-corrected chi connectivity index (χ3v) is 3.03. The molecule has 1 aliphatic rings. The van der Waals surface area contributed by atoms with Crippen LogP contribution >= 0.6 is 0 Å². The lowest BCUT2D eigenvalue weighted by Crippen LogP contribution is -2.19. The molecule has 1 aromatic carbocycles. The Labute approximate surface area is 121 Å². The van der Waals surface area contributed by atoms with Gasteiger partial charge < -0.3 is 20.5 Å². The van der Waals surface area contributed by atoms with Crippen molar-refractivity contribution >= 4 is 17.4 Å². The van der Waals surface area contributed by atoms with Crippen LogP contribution in [-0.2, 0) is 20.8 Å². The van der Waals surface area contributed by atoms with Gasteiger partial charge in [-0.05, 0) is 18.2 Å². The summed E-state index contributed by atoms with van der Waals surface area (Å²) in [7, 11) is 0. The highest BCUT2D eigenvalue weighted by atomic mass is 16.7. The molecule has 1 amide bonds. The summed E-state index contributed by atoms with van der Waals surface area (Å²) in [6, 6.07) is 9.05. The number of rotatable bonds is 4. The van der Waals surface area contributed by atoms with Crippen LogP contribution < -0.4 is 11.1 Å². The molecule has 3 N–H and O–H groups in total. The van der Waals surface area contributed by atoms with Crippen LogP contribution in [0.3, 0.4) is 0 Å². The van der Waals surface area contributed by atoms with Crippen molar-refractivity contribution in [1.82, 2.24) is 9.78 Å². The molecule has 110 valence electrons. The normalized spacial score (nSPS) is 15.2. The van der Waals surface area contributed by atoms with Crippen molar-refractivity contribution in [3.8, 4) is 0 Å². The zero-order chi connectivity index (χ0) is 14.7. The summed E-state index contributed by atoms with van der Waals surface area (Å²) >= 11 is 0. The Morgan fingerprint density at radius 2 is 2.19 bits per heavy atom. The number of carbonyl (C=O) groups excluding carboxylic acids is 1. The maximum atomic E-state index is 11.9. The van der Waals surface area contributed by atoms with Crippen LogP contribution in [0.5, 0.6) is 0 Å². The van der Waals surface area contributed by atoms with E-state index < -0.39 is 0 Å². The van der Waals surface area contributed by atoms with E-state index >= 15 is 0 Å². The lowest BCUT2D eigenvalue weighted by molar-refractivity contribution is -0.116. The van der Waals surface area contributed by atoms with Crippen molar-refractivity contribution in [3.05, 3.63) is 42.1 Å². The molecule has 0 unspecified atom stereocenters. The summed E-state index contributed by atoms with van der Waals surface area (Å²) in [5, 5.41) is 6.78. The number of amides is 1. The standard InChI is InChI=1S/C14H16N4O3/c15-12-4-5-18(17-12)9-13(19)16-11-3-1-2-10(8-11)14-20-6-7-21-14/h1-5,8,14H,6-7,9H2,(H2,15,17)(H,16,19). The molecule has 1 fully saturated rings. The molecule has 0 spiro atoms. The van der Waals surface area contributed by atoms with E-state index in [2.05, 4.69) is 10.4 Å². The van der Waals surface area contributed by atoms with E-state index in [0.29, 0.717) is 24.7 Å². The molecule has 7 nitrogen and oxygen atoms in total. The van der Waals surface area contributed by atoms with E-state index in [-0.39, 0.29) is 18.7 Å². The van der Waals surface area contributed by atoms with Crippen molar-refractivity contribution in [2.45, 2.75) is 12.8 Å². The highest BCUT2D eigenvalue weighted by Crippen LogP contribution is 2.25.